The Hall–Kier alpha value is -2.39. The summed E-state index contributed by atoms with van der Waals surface area (Å²) in [5.74, 6) is 1.81. The third-order valence-electron chi connectivity index (χ3n) is 4.43. The maximum atomic E-state index is 11.3. The fourth-order valence-corrected chi connectivity index (χ4v) is 3.29. The van der Waals surface area contributed by atoms with Crippen LogP contribution in [0.4, 0.5) is 0 Å². The van der Waals surface area contributed by atoms with Gasteiger partial charge in [0.2, 0.25) is 10.0 Å². The monoisotopic (exact) mass is 407 g/mol. The molecule has 2 aromatic rings. The van der Waals surface area contributed by atoms with Gasteiger partial charge in [0.05, 0.1) is 23.7 Å². The van der Waals surface area contributed by atoms with E-state index in [1.165, 1.54) is 12.1 Å². The fraction of sp³-hybridized carbons (Fsp3) is 0.474. The van der Waals surface area contributed by atoms with Gasteiger partial charge in [-0.15, -0.1) is 0 Å². The van der Waals surface area contributed by atoms with Gasteiger partial charge in [0, 0.05) is 18.5 Å². The van der Waals surface area contributed by atoms with Crippen LogP contribution in [0.5, 0.6) is 0 Å². The molecule has 0 amide bonds. The lowest BCUT2D eigenvalue weighted by atomic mass is 9.99. The van der Waals surface area contributed by atoms with E-state index in [4.69, 9.17) is 9.66 Å². The first-order valence-electron chi connectivity index (χ1n) is 9.46. The summed E-state index contributed by atoms with van der Waals surface area (Å²) in [4.78, 5) is 4.60. The summed E-state index contributed by atoms with van der Waals surface area (Å²) < 4.78 is 28.0. The molecule has 1 aromatic heterocycles. The number of benzene rings is 1. The molecule has 0 unspecified atom stereocenters. The Morgan fingerprint density at radius 3 is 2.43 bits per heavy atom. The number of rotatable bonds is 9. The van der Waals surface area contributed by atoms with Crippen LogP contribution < -0.4 is 15.8 Å². The van der Waals surface area contributed by atoms with E-state index in [2.05, 4.69) is 34.6 Å². The van der Waals surface area contributed by atoms with Crippen molar-refractivity contribution in [1.29, 1.82) is 0 Å². The lowest BCUT2D eigenvalue weighted by Gasteiger charge is -2.10. The molecule has 0 bridgehead atoms. The van der Waals surface area contributed by atoms with E-state index >= 15 is 0 Å². The fourth-order valence-electron chi connectivity index (χ4n) is 2.78. The Balaban J connectivity index is 1.99. The minimum absolute atomic E-state index is 0.0869. The van der Waals surface area contributed by atoms with Gasteiger partial charge in [-0.3, -0.25) is 0 Å². The zero-order chi connectivity index (χ0) is 20.6. The van der Waals surface area contributed by atoms with Gasteiger partial charge in [-0.25, -0.2) is 18.5 Å². The van der Waals surface area contributed by atoms with Gasteiger partial charge < -0.3 is 15.2 Å². The molecule has 28 heavy (non-hydrogen) atoms. The molecule has 8 nitrogen and oxygen atoms in total. The quantitative estimate of drug-likeness (QED) is 0.433. The van der Waals surface area contributed by atoms with Crippen LogP contribution in [0.25, 0.3) is 0 Å². The number of guanidine groups is 1. The van der Waals surface area contributed by atoms with Crippen molar-refractivity contribution in [3.05, 3.63) is 47.3 Å². The predicted molar refractivity (Wildman–Crippen MR) is 109 cm³/mol. The number of aliphatic imine (C=N–C) groups is 1. The second kappa shape index (κ2) is 10.2. The number of nitrogens with two attached hydrogens (primary N) is 1. The van der Waals surface area contributed by atoms with Crippen LogP contribution >= 0.6 is 0 Å². The van der Waals surface area contributed by atoms with Gasteiger partial charge in [0.15, 0.2) is 11.7 Å². The summed E-state index contributed by atoms with van der Waals surface area (Å²) in [6.45, 7) is 7.86. The summed E-state index contributed by atoms with van der Waals surface area (Å²) in [7, 11) is -3.68. The van der Waals surface area contributed by atoms with Gasteiger partial charge in [-0.1, -0.05) is 31.1 Å². The van der Waals surface area contributed by atoms with Crippen molar-refractivity contribution in [3.63, 3.8) is 0 Å². The summed E-state index contributed by atoms with van der Waals surface area (Å²) in [5, 5.41) is 15.7. The molecule has 0 radical (unpaired) electrons. The van der Waals surface area contributed by atoms with Gasteiger partial charge in [0.1, 0.15) is 0 Å². The molecule has 2 rings (SSSR count). The molecule has 0 aliphatic carbocycles. The van der Waals surface area contributed by atoms with Gasteiger partial charge in [-0.05, 0) is 37.5 Å². The van der Waals surface area contributed by atoms with Crippen LogP contribution in [0, 0.1) is 0 Å². The van der Waals surface area contributed by atoms with Crippen LogP contribution in [0.15, 0.2) is 44.7 Å². The molecule has 0 saturated heterocycles. The molecule has 1 aromatic carbocycles. The number of aromatic nitrogens is 1. The molecule has 9 heteroatoms. The average molecular weight is 408 g/mol. The van der Waals surface area contributed by atoms with Crippen molar-refractivity contribution < 1.29 is 12.9 Å². The van der Waals surface area contributed by atoms with Crippen LogP contribution in [0.1, 0.15) is 56.5 Å². The first-order valence-corrected chi connectivity index (χ1v) is 11.0. The molecule has 0 spiro atoms. The largest absolute Gasteiger partial charge is 0.359 e. The van der Waals surface area contributed by atoms with Gasteiger partial charge >= 0.3 is 0 Å². The summed E-state index contributed by atoms with van der Waals surface area (Å²) in [5.41, 5.74) is 1.86. The Labute approximate surface area is 166 Å². The lowest BCUT2D eigenvalue weighted by Crippen LogP contribution is -2.36. The van der Waals surface area contributed by atoms with Crippen LogP contribution in [0.2, 0.25) is 0 Å². The molecular weight excluding hydrogens is 378 g/mol. The Morgan fingerprint density at radius 1 is 1.18 bits per heavy atom. The molecular formula is C19H29N5O3S. The zero-order valence-corrected chi connectivity index (χ0v) is 17.4. The summed E-state index contributed by atoms with van der Waals surface area (Å²) >= 11 is 0. The standard InChI is InChI=1S/C19H29N5O3S/c1-4-15(5-2)18-11-16(27-24-18)13-23-19(21-6-3)22-12-14-7-9-17(10-8-14)28(20,25)26/h7-11,15H,4-6,12-13H2,1-3H3,(H2,20,25,26)(H2,21,22,23). The van der Waals surface area contributed by atoms with Gasteiger partial charge in [-0.2, -0.15) is 0 Å². The molecule has 0 saturated carbocycles. The van der Waals surface area contributed by atoms with Crippen LogP contribution in [-0.4, -0.2) is 26.1 Å². The van der Waals surface area contributed by atoms with Crippen molar-refractivity contribution in [1.82, 2.24) is 15.8 Å². The van der Waals surface area contributed by atoms with E-state index in [1.807, 2.05) is 13.0 Å². The molecule has 0 aliphatic heterocycles. The maximum Gasteiger partial charge on any atom is 0.238 e. The van der Waals surface area contributed by atoms with E-state index < -0.39 is 10.0 Å². The number of nitrogens with zero attached hydrogens (tertiary/aromatic N) is 2. The zero-order valence-electron chi connectivity index (χ0n) is 16.6. The number of hydrogen-bond acceptors (Lipinski definition) is 5. The number of nitrogens with one attached hydrogen (secondary N) is 2. The first kappa shape index (κ1) is 21.9. The Morgan fingerprint density at radius 2 is 1.86 bits per heavy atom. The Bertz CT molecular complexity index is 871. The topological polar surface area (TPSA) is 123 Å². The highest BCUT2D eigenvalue weighted by atomic mass is 32.2. The van der Waals surface area contributed by atoms with Crippen LogP contribution in [-0.2, 0) is 23.1 Å². The molecule has 0 atom stereocenters. The third kappa shape index (κ3) is 6.35. The first-order chi connectivity index (χ1) is 13.4. The second-order valence-corrected chi connectivity index (χ2v) is 8.03. The van der Waals surface area contributed by atoms with Crippen molar-refractivity contribution in [3.8, 4) is 0 Å². The SMILES string of the molecule is CCNC(=NCc1ccc(S(N)(=O)=O)cc1)NCc1cc(C(CC)CC)no1. The number of primary sulfonamides is 1. The summed E-state index contributed by atoms with van der Waals surface area (Å²) in [6.07, 6.45) is 2.06. The van der Waals surface area contributed by atoms with E-state index in [0.29, 0.717) is 31.5 Å². The Kier molecular flexibility index (Phi) is 8.01. The van der Waals surface area contributed by atoms with E-state index in [0.717, 1.165) is 29.9 Å². The third-order valence-corrected chi connectivity index (χ3v) is 5.36. The molecule has 0 fully saturated rings. The highest BCUT2D eigenvalue weighted by molar-refractivity contribution is 7.89. The second-order valence-electron chi connectivity index (χ2n) is 6.47. The highest BCUT2D eigenvalue weighted by Crippen LogP contribution is 2.22. The maximum absolute atomic E-state index is 11.3. The summed E-state index contributed by atoms with van der Waals surface area (Å²) in [6, 6.07) is 8.35. The molecule has 154 valence electrons. The van der Waals surface area contributed by atoms with E-state index in [9.17, 15) is 8.42 Å². The van der Waals surface area contributed by atoms with Crippen molar-refractivity contribution in [2.45, 2.75) is 57.5 Å². The highest BCUT2D eigenvalue weighted by Gasteiger charge is 2.13. The lowest BCUT2D eigenvalue weighted by molar-refractivity contribution is 0.368. The number of sulfonamides is 1. The minimum Gasteiger partial charge on any atom is -0.359 e. The van der Waals surface area contributed by atoms with Gasteiger partial charge in [0.25, 0.3) is 0 Å². The molecule has 0 aliphatic rings. The normalized spacial score (nSPS) is 12.4. The minimum atomic E-state index is -3.68. The smallest absolute Gasteiger partial charge is 0.238 e. The average Bonchev–Trinajstić information content (AvgIpc) is 3.13. The molecule has 1 heterocycles. The van der Waals surface area contributed by atoms with Crippen LogP contribution in [0.3, 0.4) is 0 Å². The van der Waals surface area contributed by atoms with Crippen molar-refractivity contribution in [2.75, 3.05) is 6.54 Å². The van der Waals surface area contributed by atoms with E-state index in [-0.39, 0.29) is 4.90 Å². The van der Waals surface area contributed by atoms with Crippen molar-refractivity contribution >= 4 is 16.0 Å². The predicted octanol–water partition coefficient (Wildman–Crippen LogP) is 2.48. The van der Waals surface area contributed by atoms with Crippen molar-refractivity contribution in [2.24, 2.45) is 10.1 Å². The van der Waals surface area contributed by atoms with E-state index in [1.54, 1.807) is 12.1 Å². The molecule has 4 N–H and O–H groups in total. The number of hydrogen-bond donors (Lipinski definition) is 3.